The van der Waals surface area contributed by atoms with Crippen LogP contribution in [-0.4, -0.2) is 38.9 Å². The molecule has 0 aliphatic carbocycles. The van der Waals surface area contributed by atoms with Crippen molar-refractivity contribution in [3.63, 3.8) is 0 Å². The van der Waals surface area contributed by atoms with Gasteiger partial charge in [0.15, 0.2) is 11.6 Å². The molecule has 0 aliphatic rings. The van der Waals surface area contributed by atoms with E-state index in [1.54, 1.807) is 38.2 Å². The number of nitrogens with zero attached hydrogens (tertiary/aromatic N) is 2. The minimum Gasteiger partial charge on any atom is -0.481 e. The Hall–Kier alpha value is -4.80. The highest BCUT2D eigenvalue weighted by molar-refractivity contribution is 6.06. The quantitative estimate of drug-likeness (QED) is 0.214. The Morgan fingerprint density at radius 1 is 0.977 bits per heavy atom. The standard InChI is InChI=1S/C32H31F3N4O4/c1-16(2)8-26(39-31(42)22-7-5-6-19-14-36-15-37-30(19)22)32(43)38-25(13-27(40)41)23-11-20(12-24(34)29(23)35)28-17(3)9-21(33)10-18(28)4/h5-7,9-12,14-16,25-26H,8,13H2,1-4H3,(H,38,43)(H,39,42)(H,40,41)/t25-,26-/m0/s1. The van der Waals surface area contributed by atoms with Crippen LogP contribution in [0.15, 0.2) is 55.0 Å². The molecular formula is C32H31F3N4O4. The maximum atomic E-state index is 15.2. The Bertz CT molecular complexity index is 1680. The number of para-hydroxylation sites is 1. The number of halogens is 3. The van der Waals surface area contributed by atoms with Crippen molar-refractivity contribution in [2.75, 3.05) is 0 Å². The summed E-state index contributed by atoms with van der Waals surface area (Å²) in [6.07, 6.45) is 2.24. The highest BCUT2D eigenvalue weighted by Crippen LogP contribution is 2.33. The van der Waals surface area contributed by atoms with Gasteiger partial charge >= 0.3 is 5.97 Å². The van der Waals surface area contributed by atoms with Crippen LogP contribution in [0.4, 0.5) is 13.2 Å². The fourth-order valence-electron chi connectivity index (χ4n) is 5.20. The average Bonchev–Trinajstić information content (AvgIpc) is 2.92. The number of nitrogens with one attached hydrogen (secondary N) is 2. The van der Waals surface area contributed by atoms with E-state index in [0.717, 1.165) is 6.07 Å². The zero-order chi connectivity index (χ0) is 31.4. The van der Waals surface area contributed by atoms with E-state index in [0.29, 0.717) is 27.6 Å². The zero-order valence-electron chi connectivity index (χ0n) is 24.0. The molecule has 0 saturated carbocycles. The second-order valence-electron chi connectivity index (χ2n) is 10.9. The summed E-state index contributed by atoms with van der Waals surface area (Å²) in [7, 11) is 0. The smallest absolute Gasteiger partial charge is 0.305 e. The van der Waals surface area contributed by atoms with Crippen molar-refractivity contribution >= 4 is 28.7 Å². The lowest BCUT2D eigenvalue weighted by Crippen LogP contribution is -2.48. The maximum Gasteiger partial charge on any atom is 0.305 e. The van der Waals surface area contributed by atoms with Gasteiger partial charge in [-0.1, -0.05) is 26.0 Å². The van der Waals surface area contributed by atoms with Crippen LogP contribution in [0, 0.1) is 37.2 Å². The van der Waals surface area contributed by atoms with E-state index in [-0.39, 0.29) is 23.5 Å². The molecule has 4 aromatic rings. The first-order chi connectivity index (χ1) is 20.3. The molecule has 0 bridgehead atoms. The molecule has 0 unspecified atom stereocenters. The second-order valence-corrected chi connectivity index (χ2v) is 10.9. The van der Waals surface area contributed by atoms with Crippen LogP contribution in [-0.2, 0) is 9.59 Å². The van der Waals surface area contributed by atoms with Gasteiger partial charge in [0.1, 0.15) is 18.2 Å². The summed E-state index contributed by atoms with van der Waals surface area (Å²) in [6.45, 7) is 6.89. The molecule has 1 heterocycles. The van der Waals surface area contributed by atoms with Gasteiger partial charge in [-0.2, -0.15) is 0 Å². The largest absolute Gasteiger partial charge is 0.481 e. The zero-order valence-corrected chi connectivity index (χ0v) is 24.0. The average molecular weight is 593 g/mol. The van der Waals surface area contributed by atoms with Crippen molar-refractivity contribution in [1.82, 2.24) is 20.6 Å². The molecule has 0 spiro atoms. The number of carboxylic acids is 1. The number of carbonyl (C=O) groups excluding carboxylic acids is 2. The Morgan fingerprint density at radius 3 is 2.33 bits per heavy atom. The third-order valence-electron chi connectivity index (χ3n) is 7.02. The van der Waals surface area contributed by atoms with Gasteiger partial charge in [0.25, 0.3) is 5.91 Å². The van der Waals surface area contributed by atoms with Gasteiger partial charge < -0.3 is 15.7 Å². The van der Waals surface area contributed by atoms with E-state index in [9.17, 15) is 28.3 Å². The fourth-order valence-corrected chi connectivity index (χ4v) is 5.20. The molecule has 3 aromatic carbocycles. The van der Waals surface area contributed by atoms with Gasteiger partial charge in [-0.15, -0.1) is 0 Å². The number of amides is 2. The van der Waals surface area contributed by atoms with E-state index in [4.69, 9.17) is 0 Å². The maximum absolute atomic E-state index is 15.2. The molecular weight excluding hydrogens is 561 g/mol. The topological polar surface area (TPSA) is 121 Å². The van der Waals surface area contributed by atoms with Gasteiger partial charge in [-0.25, -0.2) is 23.1 Å². The first-order valence-electron chi connectivity index (χ1n) is 13.6. The molecule has 1 aromatic heterocycles. The van der Waals surface area contributed by atoms with E-state index < -0.39 is 59.3 Å². The number of hydrogen-bond acceptors (Lipinski definition) is 5. The SMILES string of the molecule is Cc1cc(F)cc(C)c1-c1cc(F)c(F)c([C@H](CC(=O)O)NC(=O)[C@H](CC(C)C)NC(=O)c2cccc3cncnc23)c1. The van der Waals surface area contributed by atoms with Crippen LogP contribution in [0.25, 0.3) is 22.0 Å². The molecule has 43 heavy (non-hydrogen) atoms. The Kier molecular flexibility index (Phi) is 9.43. The van der Waals surface area contributed by atoms with Gasteiger partial charge in [-0.05, 0) is 78.8 Å². The number of aryl methyl sites for hydroxylation is 2. The normalized spacial score (nSPS) is 12.7. The minimum absolute atomic E-state index is 0.0780. The molecule has 2 amide bonds. The van der Waals surface area contributed by atoms with E-state index in [2.05, 4.69) is 20.6 Å². The Balaban J connectivity index is 1.69. The van der Waals surface area contributed by atoms with Crippen molar-refractivity contribution in [2.24, 2.45) is 5.92 Å². The van der Waals surface area contributed by atoms with Crippen LogP contribution in [0.1, 0.15) is 59.8 Å². The second kappa shape index (κ2) is 13.0. The monoisotopic (exact) mass is 592 g/mol. The third kappa shape index (κ3) is 7.17. The van der Waals surface area contributed by atoms with Crippen LogP contribution in [0.5, 0.6) is 0 Å². The number of fused-ring (bicyclic) bond motifs is 1. The van der Waals surface area contributed by atoms with E-state index in [1.807, 2.05) is 13.8 Å². The summed E-state index contributed by atoms with van der Waals surface area (Å²) >= 11 is 0. The summed E-state index contributed by atoms with van der Waals surface area (Å²) in [4.78, 5) is 46.8. The molecule has 0 saturated heterocycles. The highest BCUT2D eigenvalue weighted by atomic mass is 19.2. The first-order valence-corrected chi connectivity index (χ1v) is 13.6. The summed E-state index contributed by atoms with van der Waals surface area (Å²) in [5.74, 6) is -5.90. The molecule has 0 aliphatic heterocycles. The van der Waals surface area contributed by atoms with Crippen LogP contribution in [0.2, 0.25) is 0 Å². The molecule has 0 fully saturated rings. The lowest BCUT2D eigenvalue weighted by Gasteiger charge is -2.25. The molecule has 11 heteroatoms. The number of rotatable bonds is 10. The fraction of sp³-hybridized carbons (Fsp3) is 0.281. The molecule has 4 rings (SSSR count). The van der Waals surface area contributed by atoms with Gasteiger partial charge in [-0.3, -0.25) is 14.4 Å². The van der Waals surface area contributed by atoms with E-state index >= 15 is 4.39 Å². The number of carbonyl (C=O) groups is 3. The van der Waals surface area contributed by atoms with Crippen molar-refractivity contribution < 1.29 is 32.7 Å². The summed E-state index contributed by atoms with van der Waals surface area (Å²) < 4.78 is 44.1. The first kappa shape index (κ1) is 31.1. The van der Waals surface area contributed by atoms with Crippen LogP contribution >= 0.6 is 0 Å². The van der Waals surface area contributed by atoms with Crippen molar-refractivity contribution in [3.8, 4) is 11.1 Å². The third-order valence-corrected chi connectivity index (χ3v) is 7.02. The van der Waals surface area contributed by atoms with Crippen molar-refractivity contribution in [1.29, 1.82) is 0 Å². The highest BCUT2D eigenvalue weighted by Gasteiger charge is 2.30. The summed E-state index contributed by atoms with van der Waals surface area (Å²) in [6, 6.07) is 7.00. The number of aromatic nitrogens is 2. The molecule has 3 N–H and O–H groups in total. The van der Waals surface area contributed by atoms with Crippen molar-refractivity contribution in [2.45, 2.75) is 52.6 Å². The molecule has 0 radical (unpaired) electrons. The molecule has 224 valence electrons. The predicted octanol–water partition coefficient (Wildman–Crippen LogP) is 5.81. The predicted molar refractivity (Wildman–Crippen MR) is 155 cm³/mol. The number of hydrogen-bond donors (Lipinski definition) is 3. The lowest BCUT2D eigenvalue weighted by molar-refractivity contribution is -0.137. The number of aliphatic carboxylic acids is 1. The van der Waals surface area contributed by atoms with Gasteiger partial charge in [0.2, 0.25) is 5.91 Å². The summed E-state index contributed by atoms with van der Waals surface area (Å²) in [5, 5.41) is 15.4. The molecule has 2 atom stereocenters. The van der Waals surface area contributed by atoms with Gasteiger partial charge in [0.05, 0.1) is 23.5 Å². The number of carboxylic acid groups (broad SMARTS) is 1. The summed E-state index contributed by atoms with van der Waals surface area (Å²) in [5.41, 5.74) is 1.76. The van der Waals surface area contributed by atoms with Crippen molar-refractivity contribution in [3.05, 3.63) is 94.7 Å². The Morgan fingerprint density at radius 2 is 1.67 bits per heavy atom. The van der Waals surface area contributed by atoms with E-state index in [1.165, 1.54) is 24.5 Å². The van der Waals surface area contributed by atoms with Gasteiger partial charge in [0, 0.05) is 17.1 Å². The minimum atomic E-state index is -1.49. The Labute approximate surface area is 246 Å². The molecule has 8 nitrogen and oxygen atoms in total. The number of benzene rings is 3. The van der Waals surface area contributed by atoms with Crippen LogP contribution in [0.3, 0.4) is 0 Å². The van der Waals surface area contributed by atoms with Crippen LogP contribution < -0.4 is 10.6 Å². The lowest BCUT2D eigenvalue weighted by atomic mass is 9.91.